The van der Waals surface area contributed by atoms with E-state index in [1.54, 1.807) is 11.3 Å². The van der Waals surface area contributed by atoms with Crippen LogP contribution in [-0.2, 0) is 9.59 Å². The van der Waals surface area contributed by atoms with Gasteiger partial charge in [0.05, 0.1) is 4.88 Å². The number of halogens is 1. The van der Waals surface area contributed by atoms with Crippen molar-refractivity contribution in [2.75, 3.05) is 26.2 Å². The molecule has 9 heteroatoms. The Bertz CT molecular complexity index is 1800. The van der Waals surface area contributed by atoms with Crippen molar-refractivity contribution in [1.82, 2.24) is 9.80 Å². The zero-order valence-corrected chi connectivity index (χ0v) is 34.9. The molecule has 6 fully saturated rings. The summed E-state index contributed by atoms with van der Waals surface area (Å²) >= 11 is 3.55. The largest absolute Gasteiger partial charge is 0.373 e. The third kappa shape index (κ3) is 8.92. The maximum absolute atomic E-state index is 13.1. The number of thiophene rings is 2. The van der Waals surface area contributed by atoms with Gasteiger partial charge in [0.25, 0.3) is 0 Å². The normalized spacial score (nSPS) is 26.3. The fraction of sp³-hybridized carbons (Fsp3) is 0.581. The van der Waals surface area contributed by atoms with Gasteiger partial charge in [-0.15, -0.1) is 35.1 Å². The predicted octanol–water partition coefficient (Wildman–Crippen LogP) is 10.4. The van der Waals surface area contributed by atoms with E-state index >= 15 is 0 Å². The highest BCUT2D eigenvalue weighted by Crippen LogP contribution is 2.46. The van der Waals surface area contributed by atoms with Crippen LogP contribution in [0.2, 0.25) is 0 Å². The van der Waals surface area contributed by atoms with E-state index in [4.69, 9.17) is 15.3 Å². The molecule has 6 aliphatic rings. The van der Waals surface area contributed by atoms with Crippen LogP contribution in [0, 0.1) is 17.8 Å². The minimum atomic E-state index is 0. The molecule has 4 bridgehead atoms. The van der Waals surface area contributed by atoms with Gasteiger partial charge in [-0.3, -0.25) is 14.6 Å². The fourth-order valence-corrected chi connectivity index (χ4v) is 11.5. The monoisotopic (exact) mass is 765 g/mol. The molecule has 2 aromatic heterocycles. The Morgan fingerprint density at radius 3 is 1.77 bits per heavy atom. The summed E-state index contributed by atoms with van der Waals surface area (Å²) in [4.78, 5) is 35.5. The number of fused-ring (bicyclic) bond motifs is 8. The van der Waals surface area contributed by atoms with Gasteiger partial charge in [0.1, 0.15) is 0 Å². The zero-order valence-electron chi connectivity index (χ0n) is 32.4. The number of hydrogen-bond acceptors (Lipinski definition) is 8. The van der Waals surface area contributed by atoms with E-state index in [0.29, 0.717) is 36.0 Å². The van der Waals surface area contributed by atoms with Gasteiger partial charge in [-0.25, -0.2) is 0 Å². The van der Waals surface area contributed by atoms with Crippen molar-refractivity contribution in [3.63, 3.8) is 0 Å². The van der Waals surface area contributed by atoms with Gasteiger partial charge in [0.15, 0.2) is 5.78 Å². The Hall–Kier alpha value is -2.42. The Morgan fingerprint density at radius 1 is 0.788 bits per heavy atom. The Balaban J connectivity index is 0.000000187. The summed E-state index contributed by atoms with van der Waals surface area (Å²) in [7, 11) is 0. The summed E-state index contributed by atoms with van der Waals surface area (Å²) in [5.41, 5.74) is 9.42. The molecule has 2 N–H and O–H groups in total. The molecule has 6 saturated heterocycles. The molecule has 0 amide bonds. The van der Waals surface area contributed by atoms with Crippen LogP contribution in [0.3, 0.4) is 0 Å². The molecule has 0 unspecified atom stereocenters. The molecule has 52 heavy (non-hydrogen) atoms. The fourth-order valence-electron chi connectivity index (χ4n) is 9.18. The van der Waals surface area contributed by atoms with Crippen molar-refractivity contribution in [2.45, 2.75) is 116 Å². The molecule has 0 saturated carbocycles. The van der Waals surface area contributed by atoms with Gasteiger partial charge < -0.3 is 5.73 Å². The first-order chi connectivity index (χ1) is 24.2. The highest BCUT2D eigenvalue weighted by atomic mass is 35.5. The summed E-state index contributed by atoms with van der Waals surface area (Å²) in [6, 6.07) is 17.7. The predicted molar refractivity (Wildman–Crippen MR) is 221 cm³/mol. The minimum absolute atomic E-state index is 0. The summed E-state index contributed by atoms with van der Waals surface area (Å²) < 4.78 is 2.75. The van der Waals surface area contributed by atoms with E-state index in [1.807, 2.05) is 11.3 Å². The van der Waals surface area contributed by atoms with Gasteiger partial charge in [0, 0.05) is 32.9 Å². The molecule has 0 radical (unpaired) electrons. The second-order valence-corrected chi connectivity index (χ2v) is 18.6. The number of benzene rings is 2. The second kappa shape index (κ2) is 17.8. The van der Waals surface area contributed by atoms with Crippen molar-refractivity contribution in [3.05, 3.63) is 69.9 Å². The van der Waals surface area contributed by atoms with E-state index in [1.165, 1.54) is 83.2 Å². The minimum Gasteiger partial charge on any atom is -0.326 e. The molecule has 0 spiro atoms. The van der Waals surface area contributed by atoms with Gasteiger partial charge in [0.2, 0.25) is 0 Å². The maximum Gasteiger partial charge on any atom is 0.373 e. The molecule has 10 rings (SSSR count). The topological polar surface area (TPSA) is 83.7 Å². The third-order valence-electron chi connectivity index (χ3n) is 12.5. The van der Waals surface area contributed by atoms with E-state index in [2.05, 4.69) is 119 Å². The first-order valence-corrected chi connectivity index (χ1v) is 20.7. The summed E-state index contributed by atoms with van der Waals surface area (Å²) in [5, 5.41) is 4.77. The summed E-state index contributed by atoms with van der Waals surface area (Å²) in [6.07, 6.45) is 6.14. The maximum atomic E-state index is 13.1. The lowest BCUT2D eigenvalue weighted by atomic mass is 9.65. The van der Waals surface area contributed by atoms with Gasteiger partial charge >= 0.3 is 6.15 Å². The number of nitrogens with zero attached hydrogens (tertiary/aromatic N) is 2. The first kappa shape index (κ1) is 42.3. The van der Waals surface area contributed by atoms with Crippen LogP contribution in [-0.4, -0.2) is 65.0 Å². The van der Waals surface area contributed by atoms with E-state index < -0.39 is 0 Å². The molecule has 0 aliphatic carbocycles. The van der Waals surface area contributed by atoms with Crippen LogP contribution in [0.5, 0.6) is 0 Å². The molecule has 6 aliphatic heterocycles. The first-order valence-electron chi connectivity index (χ1n) is 19.0. The lowest BCUT2D eigenvalue weighted by Gasteiger charge is -2.56. The second-order valence-electron chi connectivity index (χ2n) is 16.7. The molecule has 284 valence electrons. The van der Waals surface area contributed by atoms with E-state index in [9.17, 15) is 4.79 Å². The number of nitrogens with two attached hydrogens (primary N) is 1. The average molecular weight is 767 g/mol. The highest BCUT2D eigenvalue weighted by Gasteiger charge is 2.48. The van der Waals surface area contributed by atoms with E-state index in [0.717, 1.165) is 16.7 Å². The van der Waals surface area contributed by atoms with Crippen LogP contribution in [0.4, 0.5) is 0 Å². The lowest BCUT2D eigenvalue weighted by Crippen LogP contribution is -2.67. The van der Waals surface area contributed by atoms with Gasteiger partial charge in [-0.1, -0.05) is 64.1 Å². The average Bonchev–Trinajstić information content (AvgIpc) is 3.78. The smallest absolute Gasteiger partial charge is 0.326 e. The van der Waals surface area contributed by atoms with Crippen molar-refractivity contribution >= 4 is 67.2 Å². The molecule has 4 aromatic rings. The van der Waals surface area contributed by atoms with Crippen LogP contribution in [0.15, 0.2) is 53.9 Å². The van der Waals surface area contributed by atoms with E-state index in [-0.39, 0.29) is 29.6 Å². The molecular formula is C43H60ClN3O3S2. The van der Waals surface area contributed by atoms with Crippen LogP contribution in [0.1, 0.15) is 120 Å². The SMILES string of the molecule is CC(C)c1cccc2cc(C(=O)C[C@@H]3C4CCN(CC4)C3(C)C)sc12.CC(C)c1cccc2ccsc12.CC1(C)[C@H](N)C2CCN1CC2.Cl.O=C=O. The standard InChI is InChI=1S/C22H29NOS.C11H12S.C9H18N2.CO2.ClH/c1-14(2)17-7-5-6-16-12-20(25-21(16)17)19(24)13-18-15-8-10-23(11-9-15)22(18,3)4;1-8(2)10-5-3-4-9-6-7-12-11(9)10;1-9(2)8(10)7-3-5-11(9)6-4-7;2-1-3;/h5-7,12,14-15,18H,8-11,13H2,1-4H3;3-8H,1-2H3;7-8H,3-6,10H2,1-2H3;;1H/t18-;;8-;;/m1.1../s1. The lowest BCUT2D eigenvalue weighted by molar-refractivity contribution is -0.191. The number of piperidine rings is 6. The molecule has 2 atom stereocenters. The number of carbonyl (C=O) groups excluding carboxylic acids is 3. The summed E-state index contributed by atoms with van der Waals surface area (Å²) in [6.45, 7) is 23.2. The van der Waals surface area contributed by atoms with Crippen LogP contribution >= 0.6 is 35.1 Å². The number of carbonyl (C=O) groups is 1. The quantitative estimate of drug-likeness (QED) is 0.204. The Morgan fingerprint density at radius 2 is 1.29 bits per heavy atom. The van der Waals surface area contributed by atoms with Crippen molar-refractivity contribution in [3.8, 4) is 0 Å². The van der Waals surface area contributed by atoms with Crippen molar-refractivity contribution in [1.29, 1.82) is 0 Å². The van der Waals surface area contributed by atoms with Crippen molar-refractivity contribution < 1.29 is 14.4 Å². The summed E-state index contributed by atoms with van der Waals surface area (Å²) in [5.74, 6) is 3.50. The molecule has 8 heterocycles. The number of rotatable bonds is 5. The van der Waals surface area contributed by atoms with Crippen LogP contribution < -0.4 is 5.73 Å². The van der Waals surface area contributed by atoms with Crippen molar-refractivity contribution in [2.24, 2.45) is 23.5 Å². The van der Waals surface area contributed by atoms with Gasteiger partial charge in [-0.2, -0.15) is 9.59 Å². The van der Waals surface area contributed by atoms with Crippen LogP contribution in [0.25, 0.3) is 20.2 Å². The number of hydrogen-bond donors (Lipinski definition) is 1. The number of Topliss-reactive ketones (excluding diaryl/α,β-unsaturated/α-hetero) is 1. The number of ketones is 1. The Kier molecular flexibility index (Phi) is 14.5. The molecule has 6 nitrogen and oxygen atoms in total. The highest BCUT2D eigenvalue weighted by molar-refractivity contribution is 7.21. The molecular weight excluding hydrogens is 706 g/mol. The Labute approximate surface area is 325 Å². The molecule has 2 aromatic carbocycles. The van der Waals surface area contributed by atoms with Gasteiger partial charge in [-0.05, 0) is 149 Å². The zero-order chi connectivity index (χ0) is 37.1. The third-order valence-corrected chi connectivity index (χ3v) is 14.7.